The first kappa shape index (κ1) is 14.4. The molecule has 3 heterocycles. The van der Waals surface area contributed by atoms with E-state index in [9.17, 15) is 0 Å². The van der Waals surface area contributed by atoms with Gasteiger partial charge in [-0.05, 0) is 47.0 Å². The number of fused-ring (bicyclic) bond motifs is 1. The molecule has 0 bridgehead atoms. The van der Waals surface area contributed by atoms with Crippen molar-refractivity contribution in [2.75, 3.05) is 17.7 Å². The maximum atomic E-state index is 5.82. The average molecular weight is 375 g/mol. The monoisotopic (exact) mass is 374 g/mol. The second-order valence-electron chi connectivity index (χ2n) is 5.38. The number of nitrogen functional groups attached to an aromatic ring is 1. The molecule has 1 unspecified atom stereocenters. The van der Waals surface area contributed by atoms with Crippen LogP contribution in [0.4, 0.5) is 17.2 Å². The number of nitrogens with two attached hydrogens (primary N) is 1. The van der Waals surface area contributed by atoms with Crippen LogP contribution in [-0.2, 0) is 4.74 Å². The Bertz CT molecular complexity index is 858. The Balaban J connectivity index is 1.77. The lowest BCUT2D eigenvalue weighted by atomic mass is 10.3. The maximum Gasteiger partial charge on any atom is 0.200 e. The molecule has 1 aliphatic rings. The number of benzene rings is 1. The predicted molar refractivity (Wildman–Crippen MR) is 91.4 cm³/mol. The van der Waals surface area contributed by atoms with Crippen LogP contribution in [0.15, 0.2) is 35.3 Å². The van der Waals surface area contributed by atoms with Gasteiger partial charge in [-0.2, -0.15) is 0 Å². The molecule has 118 valence electrons. The number of nitrogens with one attached hydrogen (secondary N) is 1. The van der Waals surface area contributed by atoms with Gasteiger partial charge in [0.1, 0.15) is 6.23 Å². The number of aromatic nitrogens is 4. The molecule has 7 nitrogen and oxygen atoms in total. The van der Waals surface area contributed by atoms with Crippen molar-refractivity contribution in [3.8, 4) is 0 Å². The number of ether oxygens (including phenoxy) is 1. The highest BCUT2D eigenvalue weighted by Crippen LogP contribution is 2.30. The van der Waals surface area contributed by atoms with Crippen molar-refractivity contribution in [2.24, 2.45) is 0 Å². The maximum absolute atomic E-state index is 5.82. The highest BCUT2D eigenvalue weighted by Gasteiger charge is 2.22. The van der Waals surface area contributed by atoms with Gasteiger partial charge < -0.3 is 15.8 Å². The van der Waals surface area contributed by atoms with E-state index in [0.29, 0.717) is 21.8 Å². The second-order valence-corrected chi connectivity index (χ2v) is 6.09. The van der Waals surface area contributed by atoms with Crippen molar-refractivity contribution in [3.05, 3.63) is 35.3 Å². The Hall–Kier alpha value is -2.19. The van der Waals surface area contributed by atoms with Crippen LogP contribution >= 0.6 is 15.9 Å². The summed E-state index contributed by atoms with van der Waals surface area (Å²) >= 11 is 3.37. The highest BCUT2D eigenvalue weighted by molar-refractivity contribution is 9.10. The molecule has 3 N–H and O–H groups in total. The molecular formula is C15H15BrN6O. The van der Waals surface area contributed by atoms with Crippen LogP contribution in [0.1, 0.15) is 19.1 Å². The summed E-state index contributed by atoms with van der Waals surface area (Å²) in [6.07, 6.45) is 3.75. The number of anilines is 3. The third kappa shape index (κ3) is 2.75. The predicted octanol–water partition coefficient (Wildman–Crippen LogP) is 3.22. The summed E-state index contributed by atoms with van der Waals surface area (Å²) in [6.45, 7) is 0.769. The van der Waals surface area contributed by atoms with E-state index in [4.69, 9.17) is 10.5 Å². The first-order valence-electron chi connectivity index (χ1n) is 7.35. The lowest BCUT2D eigenvalue weighted by Gasteiger charge is -2.12. The average Bonchev–Trinajstić information content (AvgIpc) is 3.15. The number of rotatable bonds is 3. The molecule has 1 aliphatic heterocycles. The topological polar surface area (TPSA) is 90.9 Å². The number of hydrogen-bond acceptors (Lipinski definition) is 6. The van der Waals surface area contributed by atoms with Crippen molar-refractivity contribution in [3.63, 3.8) is 0 Å². The minimum atomic E-state index is -0.0120. The van der Waals surface area contributed by atoms with E-state index >= 15 is 0 Å². The zero-order valence-corrected chi connectivity index (χ0v) is 13.8. The van der Waals surface area contributed by atoms with Crippen LogP contribution in [0.25, 0.3) is 11.2 Å². The molecule has 8 heteroatoms. The molecule has 0 aliphatic carbocycles. The number of halogens is 1. The Morgan fingerprint density at radius 1 is 1.35 bits per heavy atom. The molecule has 23 heavy (non-hydrogen) atoms. The summed E-state index contributed by atoms with van der Waals surface area (Å²) in [7, 11) is 0. The van der Waals surface area contributed by atoms with E-state index in [-0.39, 0.29) is 6.23 Å². The van der Waals surface area contributed by atoms with Crippen molar-refractivity contribution in [2.45, 2.75) is 19.1 Å². The van der Waals surface area contributed by atoms with E-state index in [1.54, 1.807) is 6.33 Å². The Morgan fingerprint density at radius 2 is 2.26 bits per heavy atom. The summed E-state index contributed by atoms with van der Waals surface area (Å²) in [4.78, 5) is 13.3. The van der Waals surface area contributed by atoms with Crippen LogP contribution in [0.3, 0.4) is 0 Å². The molecule has 2 aromatic heterocycles. The van der Waals surface area contributed by atoms with E-state index in [2.05, 4.69) is 36.2 Å². The van der Waals surface area contributed by atoms with Crippen molar-refractivity contribution in [1.82, 2.24) is 19.5 Å². The van der Waals surface area contributed by atoms with Crippen LogP contribution in [0, 0.1) is 0 Å². The van der Waals surface area contributed by atoms with Gasteiger partial charge in [0.25, 0.3) is 0 Å². The normalized spacial score (nSPS) is 17.7. The van der Waals surface area contributed by atoms with E-state index < -0.39 is 0 Å². The zero-order chi connectivity index (χ0) is 15.8. The van der Waals surface area contributed by atoms with Crippen LogP contribution in [0.5, 0.6) is 0 Å². The molecule has 4 rings (SSSR count). The fraction of sp³-hybridized carbons (Fsp3) is 0.267. The largest absolute Gasteiger partial charge is 0.399 e. The summed E-state index contributed by atoms with van der Waals surface area (Å²) in [5, 5.41) is 3.25. The summed E-state index contributed by atoms with van der Waals surface area (Å²) in [6, 6.07) is 7.49. The fourth-order valence-electron chi connectivity index (χ4n) is 2.72. The number of imidazole rings is 1. The molecule has 1 aromatic carbocycles. The smallest absolute Gasteiger partial charge is 0.200 e. The number of hydrogen-bond donors (Lipinski definition) is 2. The zero-order valence-electron chi connectivity index (χ0n) is 12.2. The Kier molecular flexibility index (Phi) is 3.62. The third-order valence-electron chi connectivity index (χ3n) is 3.76. The van der Waals surface area contributed by atoms with Gasteiger partial charge in [0.2, 0.25) is 4.73 Å². The third-order valence-corrected chi connectivity index (χ3v) is 4.11. The first-order valence-corrected chi connectivity index (χ1v) is 8.14. The van der Waals surface area contributed by atoms with Crippen molar-refractivity contribution < 1.29 is 4.74 Å². The van der Waals surface area contributed by atoms with Gasteiger partial charge >= 0.3 is 0 Å². The quantitative estimate of drug-likeness (QED) is 0.540. The minimum Gasteiger partial charge on any atom is -0.399 e. The molecule has 1 saturated heterocycles. The molecule has 0 saturated carbocycles. The van der Waals surface area contributed by atoms with Crippen LogP contribution < -0.4 is 11.1 Å². The van der Waals surface area contributed by atoms with Gasteiger partial charge in [-0.3, -0.25) is 4.57 Å². The Labute approximate surface area is 141 Å². The lowest BCUT2D eigenvalue weighted by molar-refractivity contribution is 0.0592. The van der Waals surface area contributed by atoms with E-state index in [1.807, 2.05) is 28.8 Å². The van der Waals surface area contributed by atoms with E-state index in [1.165, 1.54) is 0 Å². The summed E-state index contributed by atoms with van der Waals surface area (Å²) in [5.41, 5.74) is 8.80. The summed E-state index contributed by atoms with van der Waals surface area (Å²) < 4.78 is 8.18. The molecule has 1 atom stereocenters. The van der Waals surface area contributed by atoms with Gasteiger partial charge in [-0.1, -0.05) is 6.07 Å². The van der Waals surface area contributed by atoms with Gasteiger partial charge in [0, 0.05) is 18.0 Å². The van der Waals surface area contributed by atoms with Gasteiger partial charge in [0.15, 0.2) is 17.0 Å². The van der Waals surface area contributed by atoms with Gasteiger partial charge in [0.05, 0.1) is 6.33 Å². The lowest BCUT2D eigenvalue weighted by Crippen LogP contribution is -2.07. The van der Waals surface area contributed by atoms with Crippen molar-refractivity contribution >= 4 is 44.3 Å². The second kappa shape index (κ2) is 5.78. The van der Waals surface area contributed by atoms with E-state index in [0.717, 1.165) is 30.8 Å². The highest BCUT2D eigenvalue weighted by atomic mass is 79.9. The number of nitrogens with zero attached hydrogens (tertiary/aromatic N) is 4. The molecule has 0 spiro atoms. The SMILES string of the molecule is Nc1cccc(Nc2nc(Br)nc3c2ncn3C2CCCO2)c1. The standard InChI is InChI=1S/C15H15BrN6O/c16-15-20-13(19-10-4-1-3-9(17)7-10)12-14(21-15)22(8-18-12)11-5-2-6-23-11/h1,3-4,7-8,11H,2,5-6,17H2,(H,19,20,21). The van der Waals surface area contributed by atoms with Crippen LogP contribution in [-0.4, -0.2) is 26.1 Å². The van der Waals surface area contributed by atoms with Gasteiger partial charge in [-0.25, -0.2) is 15.0 Å². The molecule has 3 aromatic rings. The summed E-state index contributed by atoms with van der Waals surface area (Å²) in [5.74, 6) is 0.629. The minimum absolute atomic E-state index is 0.0120. The van der Waals surface area contributed by atoms with Crippen molar-refractivity contribution in [1.29, 1.82) is 0 Å². The molecule has 0 amide bonds. The molecule has 1 fully saturated rings. The first-order chi connectivity index (χ1) is 11.2. The Morgan fingerprint density at radius 3 is 3.04 bits per heavy atom. The van der Waals surface area contributed by atoms with Gasteiger partial charge in [-0.15, -0.1) is 0 Å². The molecular weight excluding hydrogens is 360 g/mol. The van der Waals surface area contributed by atoms with Crippen LogP contribution in [0.2, 0.25) is 0 Å². The molecule has 0 radical (unpaired) electrons. The fourth-order valence-corrected chi connectivity index (χ4v) is 3.07.